The molecule has 0 saturated carbocycles. The molecular formula is C10H8IN5O. The van der Waals surface area contributed by atoms with E-state index < -0.39 is 0 Å². The van der Waals surface area contributed by atoms with Crippen molar-refractivity contribution in [3.05, 3.63) is 49.9 Å². The molecule has 2 rings (SSSR count). The van der Waals surface area contributed by atoms with Crippen molar-refractivity contribution in [3.63, 3.8) is 0 Å². The summed E-state index contributed by atoms with van der Waals surface area (Å²) >= 11 is 2.22. The van der Waals surface area contributed by atoms with E-state index in [0.29, 0.717) is 0 Å². The topological polar surface area (TPSA) is 83.0 Å². The molecule has 0 fully saturated rings. The number of H-pyrrole nitrogens is 1. The highest BCUT2D eigenvalue weighted by molar-refractivity contribution is 14.1. The van der Waals surface area contributed by atoms with Crippen molar-refractivity contribution in [1.29, 1.82) is 0 Å². The molecule has 0 aliphatic heterocycles. The summed E-state index contributed by atoms with van der Waals surface area (Å²) in [5.74, 6) is 0.208. The fourth-order valence-corrected chi connectivity index (χ4v) is 1.63. The van der Waals surface area contributed by atoms with E-state index in [1.807, 2.05) is 24.3 Å². The molecule has 6 nitrogen and oxygen atoms in total. The van der Waals surface area contributed by atoms with Gasteiger partial charge in [0.1, 0.15) is 6.20 Å². The van der Waals surface area contributed by atoms with Crippen LogP contribution in [0, 0.1) is 3.57 Å². The maximum atomic E-state index is 10.9. The zero-order valence-electron chi connectivity index (χ0n) is 8.59. The summed E-state index contributed by atoms with van der Waals surface area (Å²) in [5, 5.41) is 11.1. The number of rotatable bonds is 3. The van der Waals surface area contributed by atoms with Crippen LogP contribution < -0.4 is 11.0 Å². The van der Waals surface area contributed by atoms with Crippen LogP contribution in [0.25, 0.3) is 0 Å². The van der Waals surface area contributed by atoms with Crippen molar-refractivity contribution in [1.82, 2.24) is 15.2 Å². The number of nitrogens with zero attached hydrogens (tertiary/aromatic N) is 3. The van der Waals surface area contributed by atoms with Gasteiger partial charge in [0.2, 0.25) is 5.95 Å². The van der Waals surface area contributed by atoms with Gasteiger partial charge < -0.3 is 0 Å². The Morgan fingerprint density at radius 2 is 2.24 bits per heavy atom. The lowest BCUT2D eigenvalue weighted by Gasteiger charge is -1.98. The highest BCUT2D eigenvalue weighted by atomic mass is 127. The third kappa shape index (κ3) is 3.34. The van der Waals surface area contributed by atoms with Gasteiger partial charge in [0.15, 0.2) is 0 Å². The second-order valence-corrected chi connectivity index (χ2v) is 4.24. The van der Waals surface area contributed by atoms with Crippen LogP contribution in [0.4, 0.5) is 5.95 Å². The van der Waals surface area contributed by atoms with Gasteiger partial charge in [0.25, 0.3) is 5.56 Å². The van der Waals surface area contributed by atoms with Crippen molar-refractivity contribution < 1.29 is 0 Å². The fourth-order valence-electron chi connectivity index (χ4n) is 1.11. The molecule has 2 aromatic rings. The van der Waals surface area contributed by atoms with E-state index in [1.54, 1.807) is 6.21 Å². The number of hydrogen-bond donors (Lipinski definition) is 2. The molecule has 2 N–H and O–H groups in total. The summed E-state index contributed by atoms with van der Waals surface area (Å²) in [6.07, 6.45) is 2.74. The van der Waals surface area contributed by atoms with Gasteiger partial charge in [0.05, 0.1) is 6.21 Å². The van der Waals surface area contributed by atoms with E-state index in [1.165, 1.54) is 0 Å². The van der Waals surface area contributed by atoms with Gasteiger partial charge in [-0.3, -0.25) is 9.78 Å². The largest absolute Gasteiger partial charge is 0.289 e. The first-order valence-electron chi connectivity index (χ1n) is 4.71. The summed E-state index contributed by atoms with van der Waals surface area (Å²) < 4.78 is 1.09. The average Bonchev–Trinajstić information content (AvgIpc) is 2.32. The predicted octanol–water partition coefficient (Wildman–Crippen LogP) is 1.22. The van der Waals surface area contributed by atoms with E-state index in [4.69, 9.17) is 0 Å². The van der Waals surface area contributed by atoms with Gasteiger partial charge in [-0.1, -0.05) is 18.2 Å². The van der Waals surface area contributed by atoms with Gasteiger partial charge in [-0.15, -0.1) is 10.2 Å². The molecule has 0 aliphatic carbocycles. The van der Waals surface area contributed by atoms with Crippen LogP contribution in [0.1, 0.15) is 5.56 Å². The quantitative estimate of drug-likeness (QED) is 0.500. The minimum atomic E-state index is -0.327. The lowest BCUT2D eigenvalue weighted by Crippen LogP contribution is -2.10. The maximum Gasteiger partial charge on any atom is 0.271 e. The highest BCUT2D eigenvalue weighted by Gasteiger charge is 1.94. The van der Waals surface area contributed by atoms with Crippen LogP contribution in [0.15, 0.2) is 40.4 Å². The fraction of sp³-hybridized carbons (Fsp3) is 0. The van der Waals surface area contributed by atoms with Gasteiger partial charge in [0, 0.05) is 9.13 Å². The van der Waals surface area contributed by atoms with Gasteiger partial charge >= 0.3 is 0 Å². The number of aromatic nitrogens is 3. The van der Waals surface area contributed by atoms with Crippen molar-refractivity contribution in [3.8, 4) is 0 Å². The first-order chi connectivity index (χ1) is 8.25. The third-order valence-electron chi connectivity index (χ3n) is 1.85. The van der Waals surface area contributed by atoms with Crippen molar-refractivity contribution in [2.45, 2.75) is 0 Å². The van der Waals surface area contributed by atoms with Crippen LogP contribution >= 0.6 is 22.6 Å². The first kappa shape index (κ1) is 11.7. The molecule has 0 atom stereocenters. The normalized spacial score (nSPS) is 10.6. The molecule has 0 spiro atoms. The Labute approximate surface area is 110 Å². The molecule has 17 heavy (non-hydrogen) atoms. The van der Waals surface area contributed by atoms with Gasteiger partial charge in [-0.25, -0.2) is 5.43 Å². The Kier molecular flexibility index (Phi) is 3.81. The first-order valence-corrected chi connectivity index (χ1v) is 5.79. The second-order valence-electron chi connectivity index (χ2n) is 3.07. The summed E-state index contributed by atoms with van der Waals surface area (Å²) in [6.45, 7) is 0. The van der Waals surface area contributed by atoms with Crippen molar-refractivity contribution >= 4 is 34.8 Å². The molecule has 0 aliphatic rings. The summed E-state index contributed by atoms with van der Waals surface area (Å²) in [6, 6.07) is 7.79. The standard InChI is InChI=1S/C10H8IN5O/c11-8-4-2-1-3-7(8)5-12-15-10-14-9(17)6-13-16-10/h1-6H,(H2,14,15,16,17)/b12-5+. The Bertz CT molecular complexity index is 595. The Hall–Kier alpha value is -1.77. The zero-order chi connectivity index (χ0) is 12.1. The van der Waals surface area contributed by atoms with Crippen LogP contribution in [0.3, 0.4) is 0 Å². The number of benzene rings is 1. The van der Waals surface area contributed by atoms with Crippen LogP contribution in [-0.4, -0.2) is 21.4 Å². The molecule has 0 amide bonds. The molecule has 0 bridgehead atoms. The molecule has 0 saturated heterocycles. The molecule has 86 valence electrons. The van der Waals surface area contributed by atoms with E-state index in [9.17, 15) is 4.79 Å². The average molecular weight is 341 g/mol. The predicted molar refractivity (Wildman–Crippen MR) is 73.0 cm³/mol. The number of anilines is 1. The number of nitrogens with one attached hydrogen (secondary N) is 2. The lowest BCUT2D eigenvalue weighted by atomic mass is 10.2. The Morgan fingerprint density at radius 3 is 3.00 bits per heavy atom. The van der Waals surface area contributed by atoms with Crippen LogP contribution in [0.5, 0.6) is 0 Å². The number of aromatic amines is 1. The highest BCUT2D eigenvalue weighted by Crippen LogP contribution is 2.08. The number of halogens is 1. The van der Waals surface area contributed by atoms with E-state index >= 15 is 0 Å². The number of hydrogen-bond acceptors (Lipinski definition) is 5. The smallest absolute Gasteiger partial charge is 0.271 e. The minimum Gasteiger partial charge on any atom is -0.289 e. The minimum absolute atomic E-state index is 0.208. The zero-order valence-corrected chi connectivity index (χ0v) is 10.7. The maximum absolute atomic E-state index is 10.9. The molecule has 1 heterocycles. The van der Waals surface area contributed by atoms with Crippen LogP contribution in [-0.2, 0) is 0 Å². The summed E-state index contributed by atoms with van der Waals surface area (Å²) in [5.41, 5.74) is 3.25. The Balaban J connectivity index is 2.08. The molecule has 1 aromatic carbocycles. The monoisotopic (exact) mass is 341 g/mol. The SMILES string of the molecule is O=c1cnnc(N/N=C/c2ccccc2I)[nH]1. The van der Waals surface area contributed by atoms with Crippen LogP contribution in [0.2, 0.25) is 0 Å². The Morgan fingerprint density at radius 1 is 1.41 bits per heavy atom. The molecule has 1 aromatic heterocycles. The van der Waals surface area contributed by atoms with E-state index in [0.717, 1.165) is 15.3 Å². The summed E-state index contributed by atoms with van der Waals surface area (Å²) in [4.78, 5) is 13.4. The lowest BCUT2D eigenvalue weighted by molar-refractivity contribution is 0.939. The second kappa shape index (κ2) is 5.53. The summed E-state index contributed by atoms with van der Waals surface area (Å²) in [7, 11) is 0. The van der Waals surface area contributed by atoms with E-state index in [2.05, 4.69) is 48.3 Å². The van der Waals surface area contributed by atoms with Gasteiger partial charge in [-0.2, -0.15) is 5.10 Å². The molecule has 0 unspecified atom stereocenters. The van der Waals surface area contributed by atoms with E-state index in [-0.39, 0.29) is 11.5 Å². The molecular weight excluding hydrogens is 333 g/mol. The van der Waals surface area contributed by atoms with Gasteiger partial charge in [-0.05, 0) is 28.7 Å². The third-order valence-corrected chi connectivity index (χ3v) is 2.84. The number of hydrazone groups is 1. The molecule has 0 radical (unpaired) electrons. The molecule has 7 heteroatoms. The van der Waals surface area contributed by atoms with Crippen molar-refractivity contribution in [2.24, 2.45) is 5.10 Å². The van der Waals surface area contributed by atoms with Crippen molar-refractivity contribution in [2.75, 3.05) is 5.43 Å².